The van der Waals surface area contributed by atoms with Crippen LogP contribution >= 0.6 is 0 Å². The van der Waals surface area contributed by atoms with E-state index in [4.69, 9.17) is 0 Å². The Kier molecular flexibility index (Phi) is 9.53. The third kappa shape index (κ3) is 7.91. The molecule has 3 heterocycles. The standard InChI is InChI=1S/C15H21F3N2.C15H10N4O/c1-3-19-6-8-20(9-7-19)11-13-5-4-12(2)10-14(13)15(16,17)18;20-10-17-14-3-1-2-11(7-14)4-5-12-6-13-9-18-19-15(13)16-8-12/h4-5,10H,3,6-9,11H2,1-2H3;1-3,6-10H,(H,17,20)(H,16,18,19). The minimum Gasteiger partial charge on any atom is -0.329 e. The Morgan fingerprint density at radius 1 is 1.00 bits per heavy atom. The molecular weight excluding hydrogens is 517 g/mol. The van der Waals surface area contributed by atoms with Crippen molar-refractivity contribution in [2.24, 2.45) is 0 Å². The maximum absolute atomic E-state index is 13.1. The number of alkyl halides is 3. The van der Waals surface area contributed by atoms with Crippen LogP contribution in [0, 0.1) is 18.8 Å². The zero-order valence-electron chi connectivity index (χ0n) is 22.4. The number of carbonyl (C=O) groups excluding carboxylic acids is 1. The number of aryl methyl sites for hydroxylation is 1. The second-order valence-electron chi connectivity index (χ2n) is 9.49. The first-order valence-corrected chi connectivity index (χ1v) is 13.0. The Morgan fingerprint density at radius 2 is 1.75 bits per heavy atom. The Morgan fingerprint density at radius 3 is 2.48 bits per heavy atom. The molecule has 2 N–H and O–H groups in total. The van der Waals surface area contributed by atoms with Crippen LogP contribution in [-0.2, 0) is 17.5 Å². The monoisotopic (exact) mass is 548 g/mol. The average Bonchev–Trinajstić information content (AvgIpc) is 3.42. The van der Waals surface area contributed by atoms with E-state index in [0.717, 1.165) is 60.6 Å². The van der Waals surface area contributed by atoms with Gasteiger partial charge in [-0.3, -0.25) is 14.8 Å². The molecule has 0 aliphatic carbocycles. The van der Waals surface area contributed by atoms with Crippen molar-refractivity contribution in [3.05, 3.63) is 88.7 Å². The molecule has 0 bridgehead atoms. The molecule has 0 spiro atoms. The van der Waals surface area contributed by atoms with Crippen molar-refractivity contribution in [1.82, 2.24) is 25.0 Å². The first kappa shape index (κ1) is 28.8. The number of anilines is 1. The summed E-state index contributed by atoms with van der Waals surface area (Å²) in [4.78, 5) is 19.0. The van der Waals surface area contributed by atoms with Gasteiger partial charge in [-0.05, 0) is 49.4 Å². The summed E-state index contributed by atoms with van der Waals surface area (Å²) in [5.74, 6) is 6.08. The largest absolute Gasteiger partial charge is 0.416 e. The predicted molar refractivity (Wildman–Crippen MR) is 150 cm³/mol. The number of H-pyrrole nitrogens is 1. The highest BCUT2D eigenvalue weighted by atomic mass is 19.4. The molecule has 0 unspecified atom stereocenters. The van der Waals surface area contributed by atoms with Gasteiger partial charge in [0.05, 0.1) is 11.8 Å². The summed E-state index contributed by atoms with van der Waals surface area (Å²) in [7, 11) is 0. The number of carbonyl (C=O) groups is 1. The Hall–Kier alpha value is -4.20. The fraction of sp³-hybridized carbons (Fsp3) is 0.300. The van der Waals surface area contributed by atoms with E-state index >= 15 is 0 Å². The van der Waals surface area contributed by atoms with Crippen LogP contribution in [0.5, 0.6) is 0 Å². The summed E-state index contributed by atoms with van der Waals surface area (Å²) in [6.07, 6.45) is -0.223. The SMILES string of the molecule is CCN1CCN(Cc2ccc(C)cc2C(F)(F)F)CC1.O=CNc1cccc(C#Cc2cnc3[nH]ncc3c2)c1. The summed E-state index contributed by atoms with van der Waals surface area (Å²) >= 11 is 0. The highest BCUT2D eigenvalue weighted by Crippen LogP contribution is 2.33. The molecule has 7 nitrogen and oxygen atoms in total. The lowest BCUT2D eigenvalue weighted by Crippen LogP contribution is -2.45. The molecule has 2 aromatic carbocycles. The number of hydrogen-bond acceptors (Lipinski definition) is 5. The molecule has 1 amide bonds. The van der Waals surface area contributed by atoms with Crippen molar-refractivity contribution in [2.45, 2.75) is 26.6 Å². The Labute approximate surface area is 231 Å². The van der Waals surface area contributed by atoms with Crippen molar-refractivity contribution >= 4 is 23.1 Å². The molecule has 5 rings (SSSR count). The van der Waals surface area contributed by atoms with Crippen molar-refractivity contribution in [3.63, 3.8) is 0 Å². The van der Waals surface area contributed by atoms with Crippen LogP contribution in [0.3, 0.4) is 0 Å². The molecule has 208 valence electrons. The predicted octanol–water partition coefficient (Wildman–Crippen LogP) is 5.08. The highest BCUT2D eigenvalue weighted by Gasteiger charge is 2.33. The van der Waals surface area contributed by atoms with E-state index in [1.54, 1.807) is 37.5 Å². The number of fused-ring (bicyclic) bond motifs is 1. The molecule has 4 aromatic rings. The van der Waals surface area contributed by atoms with Crippen molar-refractivity contribution in [3.8, 4) is 11.8 Å². The number of amides is 1. The van der Waals surface area contributed by atoms with Gasteiger partial charge in [-0.2, -0.15) is 18.3 Å². The van der Waals surface area contributed by atoms with Gasteiger partial charge in [0, 0.05) is 61.1 Å². The number of aromatic nitrogens is 3. The lowest BCUT2D eigenvalue weighted by molar-refractivity contribution is -0.138. The van der Waals surface area contributed by atoms with Gasteiger partial charge in [-0.15, -0.1) is 0 Å². The van der Waals surface area contributed by atoms with Gasteiger partial charge in [0.15, 0.2) is 5.65 Å². The number of benzene rings is 2. The molecule has 40 heavy (non-hydrogen) atoms. The summed E-state index contributed by atoms with van der Waals surface area (Å²) < 4.78 is 39.2. The number of rotatable bonds is 5. The summed E-state index contributed by atoms with van der Waals surface area (Å²) in [5, 5.41) is 10.2. The minimum absolute atomic E-state index is 0.382. The second-order valence-corrected chi connectivity index (χ2v) is 9.49. The molecule has 1 aliphatic rings. The third-order valence-electron chi connectivity index (χ3n) is 6.61. The number of pyridine rings is 1. The van der Waals surface area contributed by atoms with Gasteiger partial charge in [-0.1, -0.05) is 42.5 Å². The highest BCUT2D eigenvalue weighted by molar-refractivity contribution is 5.75. The van der Waals surface area contributed by atoms with Crippen LogP contribution in [0.4, 0.5) is 18.9 Å². The second kappa shape index (κ2) is 13.2. The van der Waals surface area contributed by atoms with Crippen LogP contribution < -0.4 is 5.32 Å². The van der Waals surface area contributed by atoms with Crippen molar-refractivity contribution < 1.29 is 18.0 Å². The normalized spacial score (nSPS) is 14.1. The van der Waals surface area contributed by atoms with E-state index in [1.807, 2.05) is 24.3 Å². The summed E-state index contributed by atoms with van der Waals surface area (Å²) in [6, 6.07) is 13.9. The van der Waals surface area contributed by atoms with Gasteiger partial charge < -0.3 is 10.2 Å². The minimum atomic E-state index is -4.27. The fourth-order valence-corrected chi connectivity index (χ4v) is 4.40. The van der Waals surface area contributed by atoms with E-state index in [1.165, 1.54) is 6.07 Å². The topological polar surface area (TPSA) is 77.1 Å². The molecule has 1 saturated heterocycles. The molecule has 1 fully saturated rings. The van der Waals surface area contributed by atoms with E-state index < -0.39 is 11.7 Å². The van der Waals surface area contributed by atoms with Gasteiger partial charge in [0.25, 0.3) is 0 Å². The zero-order valence-corrected chi connectivity index (χ0v) is 22.4. The maximum Gasteiger partial charge on any atom is 0.416 e. The van der Waals surface area contributed by atoms with Crippen molar-refractivity contribution in [1.29, 1.82) is 0 Å². The zero-order chi connectivity index (χ0) is 28.5. The van der Waals surface area contributed by atoms with E-state index in [9.17, 15) is 18.0 Å². The van der Waals surface area contributed by atoms with Gasteiger partial charge in [0.1, 0.15) is 0 Å². The molecular formula is C30H31F3N6O. The Bertz CT molecular complexity index is 1500. The number of hydrogen-bond donors (Lipinski definition) is 2. The van der Waals surface area contributed by atoms with Crippen LogP contribution in [0.15, 0.2) is 60.9 Å². The van der Waals surface area contributed by atoms with Gasteiger partial charge in [-0.25, -0.2) is 4.98 Å². The van der Waals surface area contributed by atoms with Gasteiger partial charge >= 0.3 is 6.18 Å². The van der Waals surface area contributed by atoms with E-state index in [0.29, 0.717) is 24.1 Å². The van der Waals surface area contributed by atoms with Crippen LogP contribution in [0.2, 0.25) is 0 Å². The summed E-state index contributed by atoms with van der Waals surface area (Å²) in [6.45, 7) is 8.72. The number of nitrogens with one attached hydrogen (secondary N) is 2. The van der Waals surface area contributed by atoms with Gasteiger partial charge in [0.2, 0.25) is 6.41 Å². The maximum atomic E-state index is 13.1. The van der Waals surface area contributed by atoms with Crippen LogP contribution in [0.1, 0.15) is 34.7 Å². The molecule has 1 aliphatic heterocycles. The fourth-order valence-electron chi connectivity index (χ4n) is 4.40. The quantitative estimate of drug-likeness (QED) is 0.269. The van der Waals surface area contributed by atoms with E-state index in [-0.39, 0.29) is 0 Å². The molecule has 2 aromatic heterocycles. The summed E-state index contributed by atoms with van der Waals surface area (Å²) in [5.41, 5.74) is 3.64. The first-order chi connectivity index (χ1) is 19.2. The lowest BCUT2D eigenvalue weighted by Gasteiger charge is -2.34. The average molecular weight is 549 g/mol. The third-order valence-corrected chi connectivity index (χ3v) is 6.61. The molecule has 10 heteroatoms. The van der Waals surface area contributed by atoms with E-state index in [2.05, 4.69) is 49.1 Å². The van der Waals surface area contributed by atoms with Crippen LogP contribution in [-0.4, -0.2) is 64.1 Å². The Balaban J connectivity index is 0.000000185. The molecule has 0 saturated carbocycles. The number of nitrogens with zero attached hydrogens (tertiary/aromatic N) is 4. The molecule has 0 radical (unpaired) electrons. The smallest absolute Gasteiger partial charge is 0.329 e. The number of halogens is 3. The number of likely N-dealkylation sites (N-methyl/N-ethyl adjacent to an activating group) is 1. The number of aromatic amines is 1. The number of piperazine rings is 1. The van der Waals surface area contributed by atoms with Crippen molar-refractivity contribution in [2.75, 3.05) is 38.0 Å². The lowest BCUT2D eigenvalue weighted by atomic mass is 10.0. The first-order valence-electron chi connectivity index (χ1n) is 13.0. The van der Waals surface area contributed by atoms with Crippen LogP contribution in [0.25, 0.3) is 11.0 Å². The molecule has 0 atom stereocenters.